The first-order chi connectivity index (χ1) is 8.65. The van der Waals surface area contributed by atoms with Crippen molar-refractivity contribution in [2.75, 3.05) is 6.54 Å². The van der Waals surface area contributed by atoms with Crippen molar-refractivity contribution in [2.45, 2.75) is 45.1 Å². The lowest BCUT2D eigenvalue weighted by atomic mass is 10.0. The van der Waals surface area contributed by atoms with Gasteiger partial charge in [0, 0.05) is 6.54 Å². The van der Waals surface area contributed by atoms with E-state index < -0.39 is 12.0 Å². The van der Waals surface area contributed by atoms with Crippen molar-refractivity contribution in [3.05, 3.63) is 35.9 Å². The van der Waals surface area contributed by atoms with Gasteiger partial charge in [0.1, 0.15) is 6.04 Å². The molecule has 0 amide bonds. The predicted octanol–water partition coefficient (Wildman–Crippen LogP) is 3.02. The Balaban J connectivity index is 2.44. The van der Waals surface area contributed by atoms with Gasteiger partial charge < -0.3 is 10.4 Å². The van der Waals surface area contributed by atoms with E-state index in [0.29, 0.717) is 18.9 Å². The summed E-state index contributed by atoms with van der Waals surface area (Å²) >= 11 is 0. The summed E-state index contributed by atoms with van der Waals surface area (Å²) < 4.78 is 0. The molecule has 0 saturated carbocycles. The molecule has 0 bridgehead atoms. The van der Waals surface area contributed by atoms with Gasteiger partial charge in [0.15, 0.2) is 0 Å². The molecule has 0 heterocycles. The monoisotopic (exact) mass is 249 g/mol. The summed E-state index contributed by atoms with van der Waals surface area (Å²) in [6, 6.07) is 9.75. The number of carboxylic acids is 1. The molecule has 1 rings (SSSR count). The lowest BCUT2D eigenvalue weighted by molar-refractivity contribution is -0.139. The number of carbonyl (C=O) groups is 1. The highest BCUT2D eigenvalue weighted by Gasteiger charge is 2.17. The molecule has 18 heavy (non-hydrogen) atoms. The van der Waals surface area contributed by atoms with Gasteiger partial charge in [-0.1, -0.05) is 57.0 Å². The second-order valence-electron chi connectivity index (χ2n) is 4.75. The van der Waals surface area contributed by atoms with Crippen LogP contribution in [0.5, 0.6) is 0 Å². The smallest absolute Gasteiger partial charge is 0.320 e. The summed E-state index contributed by atoms with van der Waals surface area (Å²) in [7, 11) is 0. The van der Waals surface area contributed by atoms with E-state index in [2.05, 4.69) is 31.3 Å². The van der Waals surface area contributed by atoms with Crippen LogP contribution in [0.1, 0.15) is 44.6 Å². The summed E-state index contributed by atoms with van der Waals surface area (Å²) in [6.45, 7) is 4.89. The third-order valence-electron chi connectivity index (χ3n) is 3.18. The van der Waals surface area contributed by atoms with Gasteiger partial charge in [-0.3, -0.25) is 4.79 Å². The minimum Gasteiger partial charge on any atom is -0.480 e. The van der Waals surface area contributed by atoms with E-state index in [1.807, 2.05) is 18.2 Å². The maximum atomic E-state index is 11.1. The highest BCUT2D eigenvalue weighted by Crippen LogP contribution is 2.13. The van der Waals surface area contributed by atoms with Gasteiger partial charge in [-0.25, -0.2) is 0 Å². The highest BCUT2D eigenvalue weighted by molar-refractivity contribution is 5.73. The fourth-order valence-electron chi connectivity index (χ4n) is 1.94. The quantitative estimate of drug-likeness (QED) is 0.744. The average molecular weight is 249 g/mol. The van der Waals surface area contributed by atoms with Crippen LogP contribution in [0.2, 0.25) is 0 Å². The molecule has 3 heteroatoms. The average Bonchev–Trinajstić information content (AvgIpc) is 2.39. The van der Waals surface area contributed by atoms with Gasteiger partial charge >= 0.3 is 5.97 Å². The Bertz CT molecular complexity index is 351. The molecule has 0 aliphatic rings. The van der Waals surface area contributed by atoms with Gasteiger partial charge in [-0.15, -0.1) is 0 Å². The Morgan fingerprint density at radius 2 is 2.00 bits per heavy atom. The number of carboxylic acid groups (broad SMARTS) is 1. The van der Waals surface area contributed by atoms with E-state index in [1.165, 1.54) is 5.56 Å². The van der Waals surface area contributed by atoms with Gasteiger partial charge in [0.2, 0.25) is 0 Å². The van der Waals surface area contributed by atoms with Crippen LogP contribution in [0.25, 0.3) is 0 Å². The van der Waals surface area contributed by atoms with E-state index in [9.17, 15) is 4.79 Å². The normalized spacial score (nSPS) is 14.1. The van der Waals surface area contributed by atoms with E-state index in [-0.39, 0.29) is 0 Å². The van der Waals surface area contributed by atoms with Crippen molar-refractivity contribution in [1.82, 2.24) is 5.32 Å². The van der Waals surface area contributed by atoms with Crippen molar-refractivity contribution in [2.24, 2.45) is 0 Å². The molecular weight excluding hydrogens is 226 g/mol. The van der Waals surface area contributed by atoms with Crippen LogP contribution in [0.15, 0.2) is 30.3 Å². The third kappa shape index (κ3) is 4.88. The minimum absolute atomic E-state index is 0.328. The molecule has 0 radical (unpaired) electrons. The zero-order chi connectivity index (χ0) is 13.4. The van der Waals surface area contributed by atoms with Gasteiger partial charge in [0.25, 0.3) is 0 Å². The standard InChI is InChI=1S/C15H23NO2/c1-3-4-10-14(15(17)18)16-11-12(2)13-8-6-5-7-9-13/h5-9,12,14,16H,3-4,10-11H2,1-2H3,(H,17,18). The van der Waals surface area contributed by atoms with Gasteiger partial charge in [-0.2, -0.15) is 0 Å². The predicted molar refractivity (Wildman–Crippen MR) is 73.8 cm³/mol. The van der Waals surface area contributed by atoms with Crippen molar-refractivity contribution in [1.29, 1.82) is 0 Å². The topological polar surface area (TPSA) is 49.3 Å². The third-order valence-corrected chi connectivity index (χ3v) is 3.18. The zero-order valence-electron chi connectivity index (χ0n) is 11.2. The van der Waals surface area contributed by atoms with Crippen molar-refractivity contribution >= 4 is 5.97 Å². The molecule has 2 unspecified atom stereocenters. The lowest BCUT2D eigenvalue weighted by Crippen LogP contribution is -2.38. The number of nitrogens with one attached hydrogen (secondary N) is 1. The summed E-state index contributed by atoms with van der Waals surface area (Å²) in [5, 5.41) is 12.3. The Kier molecular flexibility index (Phi) is 6.44. The van der Waals surface area contributed by atoms with Crippen LogP contribution in [0.4, 0.5) is 0 Å². The number of hydrogen-bond acceptors (Lipinski definition) is 2. The van der Waals surface area contributed by atoms with E-state index in [1.54, 1.807) is 0 Å². The molecule has 2 atom stereocenters. The zero-order valence-corrected chi connectivity index (χ0v) is 11.2. The van der Waals surface area contributed by atoms with Crippen LogP contribution in [-0.4, -0.2) is 23.7 Å². The molecule has 2 N–H and O–H groups in total. The van der Waals surface area contributed by atoms with Crippen molar-refractivity contribution < 1.29 is 9.90 Å². The molecule has 1 aromatic carbocycles. The fraction of sp³-hybridized carbons (Fsp3) is 0.533. The molecule has 100 valence electrons. The van der Waals surface area contributed by atoms with E-state index in [4.69, 9.17) is 5.11 Å². The van der Waals surface area contributed by atoms with E-state index >= 15 is 0 Å². The highest BCUT2D eigenvalue weighted by atomic mass is 16.4. The lowest BCUT2D eigenvalue weighted by Gasteiger charge is -2.18. The summed E-state index contributed by atoms with van der Waals surface area (Å²) in [5.41, 5.74) is 1.24. The summed E-state index contributed by atoms with van der Waals surface area (Å²) in [5.74, 6) is -0.418. The molecule has 0 aromatic heterocycles. The Labute approximate surface area is 109 Å². The number of hydrogen-bond donors (Lipinski definition) is 2. The van der Waals surface area contributed by atoms with Gasteiger partial charge in [-0.05, 0) is 17.9 Å². The molecule has 3 nitrogen and oxygen atoms in total. The molecule has 0 aliphatic carbocycles. The number of benzene rings is 1. The maximum absolute atomic E-state index is 11.1. The van der Waals surface area contributed by atoms with E-state index in [0.717, 1.165) is 12.8 Å². The molecule has 0 fully saturated rings. The number of rotatable bonds is 8. The molecule has 1 aromatic rings. The maximum Gasteiger partial charge on any atom is 0.320 e. The number of aliphatic carboxylic acids is 1. The molecule has 0 spiro atoms. The summed E-state index contributed by atoms with van der Waals surface area (Å²) in [6.07, 6.45) is 2.68. The van der Waals surface area contributed by atoms with Crippen molar-refractivity contribution in [3.8, 4) is 0 Å². The number of unbranched alkanes of at least 4 members (excludes halogenated alkanes) is 1. The first-order valence-corrected chi connectivity index (χ1v) is 6.66. The molecular formula is C15H23NO2. The van der Waals surface area contributed by atoms with Crippen LogP contribution in [0.3, 0.4) is 0 Å². The molecule has 0 aliphatic heterocycles. The Morgan fingerprint density at radius 1 is 1.33 bits per heavy atom. The second kappa shape index (κ2) is 7.88. The molecule has 0 saturated heterocycles. The van der Waals surface area contributed by atoms with Gasteiger partial charge in [0.05, 0.1) is 0 Å². The Hall–Kier alpha value is -1.35. The SMILES string of the molecule is CCCCC(NCC(C)c1ccccc1)C(=O)O. The minimum atomic E-state index is -0.747. The second-order valence-corrected chi connectivity index (χ2v) is 4.75. The van der Waals surface area contributed by atoms with Crippen molar-refractivity contribution in [3.63, 3.8) is 0 Å². The first-order valence-electron chi connectivity index (χ1n) is 6.66. The van der Waals surface area contributed by atoms with Crippen LogP contribution < -0.4 is 5.32 Å². The summed E-state index contributed by atoms with van der Waals surface area (Å²) in [4.78, 5) is 11.1. The first kappa shape index (κ1) is 14.7. The Morgan fingerprint density at radius 3 is 2.56 bits per heavy atom. The van der Waals surface area contributed by atoms with Crippen LogP contribution in [-0.2, 0) is 4.79 Å². The van der Waals surface area contributed by atoms with Crippen LogP contribution >= 0.6 is 0 Å². The van der Waals surface area contributed by atoms with Crippen LogP contribution in [0, 0.1) is 0 Å². The largest absolute Gasteiger partial charge is 0.480 e. The fourth-order valence-corrected chi connectivity index (χ4v) is 1.94.